The molecule has 0 amide bonds. The van der Waals surface area contributed by atoms with E-state index in [2.05, 4.69) is 77.1 Å². The number of hydrogen-bond donors (Lipinski definition) is 0. The summed E-state index contributed by atoms with van der Waals surface area (Å²) >= 11 is 0. The number of nitrogens with zero attached hydrogens (tertiary/aromatic N) is 4. The Kier molecular flexibility index (Phi) is 4.82. The average Bonchev–Trinajstić information content (AvgIpc) is 2.62. The Balaban J connectivity index is 1.60. The van der Waals surface area contributed by atoms with Crippen molar-refractivity contribution in [1.82, 2.24) is 9.88 Å². The van der Waals surface area contributed by atoms with Gasteiger partial charge in [-0.2, -0.15) is 0 Å². The van der Waals surface area contributed by atoms with Crippen molar-refractivity contribution < 1.29 is 0 Å². The molecule has 23 heavy (non-hydrogen) atoms. The minimum absolute atomic E-state index is 0.455. The molecule has 0 N–H and O–H groups in total. The van der Waals surface area contributed by atoms with E-state index in [4.69, 9.17) is 0 Å². The molecule has 1 fully saturated rings. The third kappa shape index (κ3) is 3.64. The van der Waals surface area contributed by atoms with Crippen LogP contribution in [-0.4, -0.2) is 50.2 Å². The van der Waals surface area contributed by atoms with Crippen LogP contribution in [0.3, 0.4) is 0 Å². The van der Waals surface area contributed by atoms with Crippen molar-refractivity contribution in [3.63, 3.8) is 0 Å². The van der Waals surface area contributed by atoms with E-state index in [0.717, 1.165) is 26.2 Å². The van der Waals surface area contributed by atoms with Gasteiger partial charge in [-0.15, -0.1) is 0 Å². The summed E-state index contributed by atoms with van der Waals surface area (Å²) in [6.45, 7) is 6.64. The summed E-state index contributed by atoms with van der Waals surface area (Å²) in [4.78, 5) is 11.3. The van der Waals surface area contributed by atoms with Crippen molar-refractivity contribution in [2.75, 3.05) is 50.1 Å². The fourth-order valence-electron chi connectivity index (χ4n) is 3.18. The lowest BCUT2D eigenvalue weighted by atomic mass is 10.1. The molecule has 122 valence electrons. The van der Waals surface area contributed by atoms with Crippen molar-refractivity contribution in [2.45, 2.75) is 13.0 Å². The normalized spacial score (nSPS) is 17.1. The van der Waals surface area contributed by atoms with Crippen molar-refractivity contribution in [1.29, 1.82) is 0 Å². The van der Waals surface area contributed by atoms with Gasteiger partial charge in [-0.1, -0.05) is 0 Å². The van der Waals surface area contributed by atoms with Crippen molar-refractivity contribution >= 4 is 11.4 Å². The van der Waals surface area contributed by atoms with Crippen molar-refractivity contribution in [2.24, 2.45) is 0 Å². The molecule has 1 aromatic carbocycles. The van der Waals surface area contributed by atoms with Gasteiger partial charge in [0.25, 0.3) is 0 Å². The van der Waals surface area contributed by atoms with Crippen LogP contribution in [0, 0.1) is 0 Å². The molecule has 4 nitrogen and oxygen atoms in total. The van der Waals surface area contributed by atoms with Crippen LogP contribution in [-0.2, 0) is 0 Å². The molecule has 4 heteroatoms. The van der Waals surface area contributed by atoms with E-state index in [0.29, 0.717) is 6.04 Å². The number of hydrogen-bond acceptors (Lipinski definition) is 4. The minimum atomic E-state index is 0.455. The first-order chi connectivity index (χ1) is 11.1. The van der Waals surface area contributed by atoms with Crippen molar-refractivity contribution in [3.05, 3.63) is 54.4 Å². The highest BCUT2D eigenvalue weighted by molar-refractivity contribution is 5.56. The molecule has 0 bridgehead atoms. The largest absolute Gasteiger partial charge is 0.378 e. The Morgan fingerprint density at radius 2 is 1.52 bits per heavy atom. The molecular weight excluding hydrogens is 284 g/mol. The van der Waals surface area contributed by atoms with Crippen LogP contribution in [0.25, 0.3) is 0 Å². The second-order valence-corrected chi connectivity index (χ2v) is 6.39. The maximum Gasteiger partial charge on any atom is 0.0368 e. The van der Waals surface area contributed by atoms with Crippen LogP contribution in [0.2, 0.25) is 0 Å². The molecule has 0 radical (unpaired) electrons. The van der Waals surface area contributed by atoms with Gasteiger partial charge in [0, 0.05) is 70.1 Å². The molecule has 3 rings (SSSR count). The zero-order chi connectivity index (χ0) is 16.2. The Morgan fingerprint density at radius 3 is 2.09 bits per heavy atom. The van der Waals surface area contributed by atoms with Gasteiger partial charge in [0.15, 0.2) is 0 Å². The molecule has 1 aromatic heterocycles. The molecule has 0 spiro atoms. The summed E-state index contributed by atoms with van der Waals surface area (Å²) in [6.07, 6.45) is 3.77. The second-order valence-electron chi connectivity index (χ2n) is 6.39. The summed E-state index contributed by atoms with van der Waals surface area (Å²) in [7, 11) is 4.16. The van der Waals surface area contributed by atoms with Crippen LogP contribution in [0.5, 0.6) is 0 Å². The lowest BCUT2D eigenvalue weighted by molar-refractivity contribution is 0.198. The minimum Gasteiger partial charge on any atom is -0.378 e. The third-order valence-corrected chi connectivity index (χ3v) is 4.78. The number of pyridine rings is 1. The molecule has 1 aliphatic heterocycles. The Bertz CT molecular complexity index is 601. The average molecular weight is 310 g/mol. The van der Waals surface area contributed by atoms with Crippen LogP contribution in [0.4, 0.5) is 11.4 Å². The quantitative estimate of drug-likeness (QED) is 0.866. The highest BCUT2D eigenvalue weighted by atomic mass is 15.3. The second kappa shape index (κ2) is 7.01. The van der Waals surface area contributed by atoms with Crippen LogP contribution >= 0.6 is 0 Å². The van der Waals surface area contributed by atoms with Crippen molar-refractivity contribution in [3.8, 4) is 0 Å². The topological polar surface area (TPSA) is 22.6 Å². The number of rotatable bonds is 4. The predicted molar refractivity (Wildman–Crippen MR) is 97.2 cm³/mol. The van der Waals surface area contributed by atoms with Gasteiger partial charge in [-0.3, -0.25) is 9.88 Å². The van der Waals surface area contributed by atoms with Crippen LogP contribution in [0.1, 0.15) is 18.5 Å². The molecule has 0 saturated carbocycles. The van der Waals surface area contributed by atoms with Crippen LogP contribution in [0.15, 0.2) is 48.8 Å². The molecule has 1 saturated heterocycles. The van der Waals surface area contributed by atoms with Gasteiger partial charge in [0.2, 0.25) is 0 Å². The Hall–Kier alpha value is -2.07. The molecule has 1 unspecified atom stereocenters. The number of aromatic nitrogens is 1. The first-order valence-electron chi connectivity index (χ1n) is 8.31. The summed E-state index contributed by atoms with van der Waals surface area (Å²) < 4.78 is 0. The SMILES string of the molecule is CC(c1ccncc1)N1CCN(c2ccc(N(C)C)cc2)CC1. The van der Waals surface area contributed by atoms with Gasteiger partial charge in [0.1, 0.15) is 0 Å². The van der Waals surface area contributed by atoms with Gasteiger partial charge in [-0.05, 0) is 48.9 Å². The number of anilines is 2. The highest BCUT2D eigenvalue weighted by Crippen LogP contribution is 2.24. The molecule has 1 aliphatic rings. The zero-order valence-corrected chi connectivity index (χ0v) is 14.3. The van der Waals surface area contributed by atoms with E-state index < -0.39 is 0 Å². The van der Waals surface area contributed by atoms with Gasteiger partial charge >= 0.3 is 0 Å². The lowest BCUT2D eigenvalue weighted by Crippen LogP contribution is -2.47. The molecule has 2 aromatic rings. The number of benzene rings is 1. The summed E-state index contributed by atoms with van der Waals surface area (Å²) in [5.74, 6) is 0. The molecule has 0 aliphatic carbocycles. The summed E-state index contributed by atoms with van der Waals surface area (Å²) in [5.41, 5.74) is 3.93. The van der Waals surface area contributed by atoms with E-state index in [1.54, 1.807) is 0 Å². The Labute approximate surface area is 139 Å². The van der Waals surface area contributed by atoms with E-state index in [-0.39, 0.29) is 0 Å². The van der Waals surface area contributed by atoms with E-state index in [1.165, 1.54) is 16.9 Å². The van der Waals surface area contributed by atoms with E-state index in [1.807, 2.05) is 12.4 Å². The first kappa shape index (κ1) is 15.8. The summed E-state index contributed by atoms with van der Waals surface area (Å²) in [5, 5.41) is 0. The van der Waals surface area contributed by atoms with Crippen LogP contribution < -0.4 is 9.80 Å². The summed E-state index contributed by atoms with van der Waals surface area (Å²) in [6, 6.07) is 13.6. The van der Waals surface area contributed by atoms with Gasteiger partial charge < -0.3 is 9.80 Å². The maximum absolute atomic E-state index is 4.11. The molecule has 2 heterocycles. The van der Waals surface area contributed by atoms with E-state index >= 15 is 0 Å². The van der Waals surface area contributed by atoms with E-state index in [9.17, 15) is 0 Å². The smallest absolute Gasteiger partial charge is 0.0368 e. The fourth-order valence-corrected chi connectivity index (χ4v) is 3.18. The molecular formula is C19H26N4. The fraction of sp³-hybridized carbons (Fsp3) is 0.421. The molecule has 1 atom stereocenters. The zero-order valence-electron chi connectivity index (χ0n) is 14.3. The van der Waals surface area contributed by atoms with Gasteiger partial charge in [0.05, 0.1) is 0 Å². The third-order valence-electron chi connectivity index (χ3n) is 4.78. The lowest BCUT2D eigenvalue weighted by Gasteiger charge is -2.39. The Morgan fingerprint density at radius 1 is 0.913 bits per heavy atom. The maximum atomic E-state index is 4.11. The predicted octanol–water partition coefficient (Wildman–Crippen LogP) is 3.03. The standard InChI is InChI=1S/C19H26N4/c1-16(17-8-10-20-11-9-17)22-12-14-23(15-13-22)19-6-4-18(5-7-19)21(2)3/h4-11,16H,12-15H2,1-3H3. The van der Waals surface area contributed by atoms with Gasteiger partial charge in [-0.25, -0.2) is 0 Å². The monoisotopic (exact) mass is 310 g/mol. The highest BCUT2D eigenvalue weighted by Gasteiger charge is 2.22. The number of piperazine rings is 1. The first-order valence-corrected chi connectivity index (χ1v) is 8.31.